The smallest absolute Gasteiger partial charge is 0.320 e. The summed E-state index contributed by atoms with van der Waals surface area (Å²) >= 11 is 0. The highest BCUT2D eigenvalue weighted by Gasteiger charge is 2.25. The van der Waals surface area contributed by atoms with Gasteiger partial charge in [0.15, 0.2) is 0 Å². The van der Waals surface area contributed by atoms with Crippen LogP contribution in [0.4, 0.5) is 10.5 Å². The van der Waals surface area contributed by atoms with Gasteiger partial charge in [-0.15, -0.1) is 0 Å². The molecular formula is C25H22N4O2. The highest BCUT2D eigenvalue weighted by molar-refractivity contribution is 6.01. The second-order valence-electron chi connectivity index (χ2n) is 7.84. The second-order valence-corrected chi connectivity index (χ2v) is 7.84. The Morgan fingerprint density at radius 2 is 1.87 bits per heavy atom. The molecule has 0 saturated carbocycles. The molecule has 3 aromatic carbocycles. The minimum Gasteiger partial charge on any atom is -0.320 e. The minimum atomic E-state index is -0.218. The number of nitrogens with one attached hydrogen (secondary N) is 2. The van der Waals surface area contributed by atoms with Crippen molar-refractivity contribution in [2.75, 3.05) is 11.9 Å². The summed E-state index contributed by atoms with van der Waals surface area (Å²) in [5.41, 5.74) is 3.87. The molecule has 1 aliphatic heterocycles. The molecule has 0 fully saturated rings. The highest BCUT2D eigenvalue weighted by atomic mass is 16.2. The Labute approximate surface area is 179 Å². The van der Waals surface area contributed by atoms with Gasteiger partial charge in [-0.3, -0.25) is 4.79 Å². The zero-order valence-corrected chi connectivity index (χ0v) is 17.2. The Morgan fingerprint density at radius 1 is 1.06 bits per heavy atom. The van der Waals surface area contributed by atoms with Crippen molar-refractivity contribution in [3.05, 3.63) is 93.9 Å². The average Bonchev–Trinajstić information content (AvgIpc) is 2.79. The van der Waals surface area contributed by atoms with E-state index >= 15 is 0 Å². The Balaban J connectivity index is 1.39. The largest absolute Gasteiger partial charge is 0.322 e. The number of aryl methyl sites for hydroxylation is 1. The Bertz CT molecular complexity index is 1350. The maximum atomic E-state index is 12.9. The first-order valence-corrected chi connectivity index (χ1v) is 10.3. The number of urea groups is 1. The molecule has 0 atom stereocenters. The van der Waals surface area contributed by atoms with Gasteiger partial charge in [-0.05, 0) is 24.4 Å². The van der Waals surface area contributed by atoms with Crippen molar-refractivity contribution in [1.82, 2.24) is 14.9 Å². The fourth-order valence-corrected chi connectivity index (χ4v) is 4.06. The summed E-state index contributed by atoms with van der Waals surface area (Å²) in [5, 5.41) is 5.05. The Morgan fingerprint density at radius 3 is 2.74 bits per heavy atom. The van der Waals surface area contributed by atoms with E-state index in [1.165, 1.54) is 0 Å². The molecule has 5 rings (SSSR count). The van der Waals surface area contributed by atoms with Crippen molar-refractivity contribution in [1.29, 1.82) is 0 Å². The van der Waals surface area contributed by atoms with Crippen LogP contribution in [0.2, 0.25) is 0 Å². The quantitative estimate of drug-likeness (QED) is 0.511. The first-order chi connectivity index (χ1) is 15.1. The molecule has 0 aliphatic carbocycles. The first-order valence-electron chi connectivity index (χ1n) is 10.3. The van der Waals surface area contributed by atoms with Gasteiger partial charge >= 0.3 is 6.03 Å². The Hall–Kier alpha value is -3.93. The van der Waals surface area contributed by atoms with E-state index < -0.39 is 0 Å². The van der Waals surface area contributed by atoms with Crippen LogP contribution in [0, 0.1) is 6.92 Å². The monoisotopic (exact) mass is 410 g/mol. The lowest BCUT2D eigenvalue weighted by Gasteiger charge is -2.28. The van der Waals surface area contributed by atoms with Gasteiger partial charge in [0.25, 0.3) is 5.56 Å². The summed E-state index contributed by atoms with van der Waals surface area (Å²) in [6.45, 7) is 2.75. The lowest BCUT2D eigenvalue weighted by molar-refractivity contribution is 0.205. The van der Waals surface area contributed by atoms with Crippen LogP contribution in [0.3, 0.4) is 0 Å². The number of aromatic nitrogens is 2. The van der Waals surface area contributed by atoms with Crippen LogP contribution in [0.1, 0.15) is 16.8 Å². The van der Waals surface area contributed by atoms with Gasteiger partial charge in [0.1, 0.15) is 5.82 Å². The van der Waals surface area contributed by atoms with E-state index in [-0.39, 0.29) is 18.1 Å². The number of rotatable bonds is 2. The predicted octanol–water partition coefficient (Wildman–Crippen LogP) is 4.49. The van der Waals surface area contributed by atoms with E-state index in [0.29, 0.717) is 24.4 Å². The maximum Gasteiger partial charge on any atom is 0.322 e. The van der Waals surface area contributed by atoms with E-state index in [4.69, 9.17) is 4.98 Å². The van der Waals surface area contributed by atoms with Crippen molar-refractivity contribution in [2.24, 2.45) is 0 Å². The molecule has 0 bridgehead atoms. The predicted molar refractivity (Wildman–Crippen MR) is 122 cm³/mol. The van der Waals surface area contributed by atoms with Crippen LogP contribution >= 0.6 is 0 Å². The van der Waals surface area contributed by atoms with Crippen LogP contribution in [0.25, 0.3) is 22.2 Å². The van der Waals surface area contributed by atoms with Crippen molar-refractivity contribution in [3.63, 3.8) is 0 Å². The third-order valence-electron chi connectivity index (χ3n) is 5.68. The van der Waals surface area contributed by atoms with Crippen molar-refractivity contribution in [3.8, 4) is 11.4 Å². The van der Waals surface area contributed by atoms with Crippen LogP contribution in [-0.4, -0.2) is 27.4 Å². The number of H-pyrrole nitrogens is 1. The topological polar surface area (TPSA) is 78.1 Å². The van der Waals surface area contributed by atoms with Crippen LogP contribution in [0.5, 0.6) is 0 Å². The lowest BCUT2D eigenvalue weighted by Crippen LogP contribution is -2.41. The number of amides is 2. The molecule has 1 aliphatic rings. The SMILES string of the molecule is Cc1cccc(-c2nc3c(c(=O)[nH]2)CN(C(=O)Nc2cccc4ccccc24)CC3)c1. The number of fused-ring (bicyclic) bond motifs is 2. The average molecular weight is 410 g/mol. The number of carbonyl (C=O) groups is 1. The zero-order valence-electron chi connectivity index (χ0n) is 17.2. The maximum absolute atomic E-state index is 12.9. The zero-order chi connectivity index (χ0) is 21.4. The first kappa shape index (κ1) is 19.1. The van der Waals surface area contributed by atoms with Crippen LogP contribution in [-0.2, 0) is 13.0 Å². The highest BCUT2D eigenvalue weighted by Crippen LogP contribution is 2.24. The van der Waals surface area contributed by atoms with E-state index in [0.717, 1.165) is 33.3 Å². The third-order valence-corrected chi connectivity index (χ3v) is 5.68. The molecule has 2 amide bonds. The van der Waals surface area contributed by atoms with Gasteiger partial charge in [0.2, 0.25) is 0 Å². The number of nitrogens with zero attached hydrogens (tertiary/aromatic N) is 2. The van der Waals surface area contributed by atoms with Crippen LogP contribution in [0.15, 0.2) is 71.5 Å². The fraction of sp³-hybridized carbons (Fsp3) is 0.160. The molecule has 0 spiro atoms. The molecule has 1 aromatic heterocycles. The summed E-state index contributed by atoms with van der Waals surface area (Å²) in [7, 11) is 0. The summed E-state index contributed by atoms with van der Waals surface area (Å²) in [6, 6.07) is 21.4. The number of hydrogen-bond donors (Lipinski definition) is 2. The molecule has 0 saturated heterocycles. The van der Waals surface area contributed by atoms with Gasteiger partial charge in [-0.25, -0.2) is 9.78 Å². The normalized spacial score (nSPS) is 13.1. The summed E-state index contributed by atoms with van der Waals surface area (Å²) in [4.78, 5) is 35.0. The van der Waals surface area contributed by atoms with E-state index in [1.54, 1.807) is 4.90 Å². The summed E-state index contributed by atoms with van der Waals surface area (Å²) < 4.78 is 0. The van der Waals surface area contributed by atoms with E-state index in [1.807, 2.05) is 73.7 Å². The third kappa shape index (κ3) is 3.68. The van der Waals surface area contributed by atoms with Crippen LogP contribution < -0.4 is 10.9 Å². The van der Waals surface area contributed by atoms with Gasteiger partial charge in [-0.2, -0.15) is 0 Å². The molecule has 6 heteroatoms. The van der Waals surface area contributed by atoms with Gasteiger partial charge < -0.3 is 15.2 Å². The molecule has 2 heterocycles. The lowest BCUT2D eigenvalue weighted by atomic mass is 10.1. The minimum absolute atomic E-state index is 0.191. The summed E-state index contributed by atoms with van der Waals surface area (Å²) in [6.07, 6.45) is 0.543. The van der Waals surface area contributed by atoms with E-state index in [9.17, 15) is 9.59 Å². The molecule has 154 valence electrons. The number of aromatic amines is 1. The number of carbonyl (C=O) groups excluding carboxylic acids is 1. The van der Waals surface area contributed by atoms with Gasteiger partial charge in [-0.1, -0.05) is 60.2 Å². The van der Waals surface area contributed by atoms with E-state index in [2.05, 4.69) is 10.3 Å². The standard InChI is InChI=1S/C25H22N4O2/c1-16-6-4-9-18(14-16)23-26-22-12-13-29(15-20(22)24(30)28-23)25(31)27-21-11-5-8-17-7-2-3-10-19(17)21/h2-11,14H,12-13,15H2,1H3,(H,27,31)(H,26,28,30). The second kappa shape index (κ2) is 7.72. The van der Waals surface area contributed by atoms with Gasteiger partial charge in [0, 0.05) is 23.9 Å². The van der Waals surface area contributed by atoms with Crippen molar-refractivity contribution < 1.29 is 4.79 Å². The van der Waals surface area contributed by atoms with Gasteiger partial charge in [0.05, 0.1) is 23.5 Å². The molecule has 31 heavy (non-hydrogen) atoms. The number of benzene rings is 3. The molecule has 0 radical (unpaired) electrons. The number of hydrogen-bond acceptors (Lipinski definition) is 3. The summed E-state index contributed by atoms with van der Waals surface area (Å²) in [5.74, 6) is 0.570. The fourth-order valence-electron chi connectivity index (χ4n) is 4.06. The molecule has 4 aromatic rings. The van der Waals surface area contributed by atoms with Crippen molar-refractivity contribution in [2.45, 2.75) is 19.9 Å². The molecular weight excluding hydrogens is 388 g/mol. The Kier molecular flexibility index (Phi) is 4.75. The molecule has 0 unspecified atom stereocenters. The number of anilines is 1. The molecule has 2 N–H and O–H groups in total. The molecule has 6 nitrogen and oxygen atoms in total. The van der Waals surface area contributed by atoms with Crippen molar-refractivity contribution >= 4 is 22.5 Å².